The fourth-order valence-corrected chi connectivity index (χ4v) is 3.94. The number of H-pyrrole nitrogens is 1. The third-order valence-electron chi connectivity index (χ3n) is 5.45. The number of halogens is 1. The summed E-state index contributed by atoms with van der Waals surface area (Å²) in [6, 6.07) is 8.80. The van der Waals surface area contributed by atoms with E-state index in [0.29, 0.717) is 6.04 Å². The first-order chi connectivity index (χ1) is 14.3. The lowest BCUT2D eigenvalue weighted by Gasteiger charge is -2.25. The van der Waals surface area contributed by atoms with Crippen LogP contribution in [0.3, 0.4) is 0 Å². The minimum absolute atomic E-state index is 0. The van der Waals surface area contributed by atoms with Crippen LogP contribution in [0.5, 0.6) is 0 Å². The zero-order chi connectivity index (χ0) is 20.1. The molecule has 1 aliphatic heterocycles. The minimum Gasteiger partial charge on any atom is -0.361 e. The van der Waals surface area contributed by atoms with Crippen molar-refractivity contribution in [2.24, 2.45) is 4.99 Å². The largest absolute Gasteiger partial charge is 0.361 e. The van der Waals surface area contributed by atoms with Gasteiger partial charge in [0.25, 0.3) is 0 Å². The molecule has 162 valence electrons. The maximum atomic E-state index is 4.80. The third-order valence-corrected chi connectivity index (χ3v) is 5.45. The van der Waals surface area contributed by atoms with Gasteiger partial charge >= 0.3 is 0 Å². The molecule has 3 aromatic rings. The second kappa shape index (κ2) is 10.8. The molecule has 0 bridgehead atoms. The van der Waals surface area contributed by atoms with E-state index in [1.165, 1.54) is 16.5 Å². The predicted molar refractivity (Wildman–Crippen MR) is 133 cm³/mol. The molecule has 1 aromatic carbocycles. The average Bonchev–Trinajstić information content (AvgIpc) is 3.34. The number of aryl methyl sites for hydroxylation is 3. The number of nitrogens with one attached hydrogen (secondary N) is 3. The lowest BCUT2D eigenvalue weighted by atomic mass is 10.1. The van der Waals surface area contributed by atoms with Crippen LogP contribution in [0, 0.1) is 0 Å². The van der Waals surface area contributed by atoms with Gasteiger partial charge in [-0.2, -0.15) is 5.10 Å². The molecule has 8 heteroatoms. The first kappa shape index (κ1) is 22.6. The smallest absolute Gasteiger partial charge is 0.191 e. The Morgan fingerprint density at radius 3 is 3.00 bits per heavy atom. The maximum Gasteiger partial charge on any atom is 0.191 e. The number of aromatic amines is 1. The van der Waals surface area contributed by atoms with E-state index in [1.807, 2.05) is 0 Å². The van der Waals surface area contributed by atoms with Crippen molar-refractivity contribution in [3.63, 3.8) is 0 Å². The summed E-state index contributed by atoms with van der Waals surface area (Å²) in [5, 5.41) is 12.9. The van der Waals surface area contributed by atoms with Gasteiger partial charge in [0.2, 0.25) is 0 Å². The second-order valence-electron chi connectivity index (χ2n) is 7.58. The highest BCUT2D eigenvalue weighted by molar-refractivity contribution is 14.0. The van der Waals surface area contributed by atoms with Crippen molar-refractivity contribution in [1.82, 2.24) is 30.4 Å². The molecule has 3 heterocycles. The van der Waals surface area contributed by atoms with E-state index in [4.69, 9.17) is 4.99 Å². The van der Waals surface area contributed by atoms with Gasteiger partial charge in [0.05, 0.1) is 6.54 Å². The van der Waals surface area contributed by atoms with Crippen LogP contribution in [0.2, 0.25) is 0 Å². The summed E-state index contributed by atoms with van der Waals surface area (Å²) in [7, 11) is 0. The van der Waals surface area contributed by atoms with Crippen molar-refractivity contribution in [2.45, 2.75) is 58.5 Å². The van der Waals surface area contributed by atoms with Crippen LogP contribution < -0.4 is 10.6 Å². The predicted octanol–water partition coefficient (Wildman–Crippen LogP) is 3.44. The third kappa shape index (κ3) is 5.33. The number of para-hydroxylation sites is 1. The summed E-state index contributed by atoms with van der Waals surface area (Å²) in [5.41, 5.74) is 2.57. The Hall–Kier alpha value is -2.10. The van der Waals surface area contributed by atoms with Gasteiger partial charge in [-0.25, -0.2) is 9.67 Å². The van der Waals surface area contributed by atoms with Crippen molar-refractivity contribution < 1.29 is 0 Å². The number of fused-ring (bicyclic) bond motifs is 2. The molecule has 30 heavy (non-hydrogen) atoms. The molecule has 0 saturated carbocycles. The molecule has 0 fully saturated rings. The normalized spacial score (nSPS) is 16.2. The molecule has 0 radical (unpaired) electrons. The van der Waals surface area contributed by atoms with Gasteiger partial charge in [-0.05, 0) is 37.8 Å². The van der Waals surface area contributed by atoms with E-state index < -0.39 is 0 Å². The van der Waals surface area contributed by atoms with E-state index in [2.05, 4.69) is 74.7 Å². The topological polar surface area (TPSA) is 82.9 Å². The van der Waals surface area contributed by atoms with Gasteiger partial charge in [0, 0.05) is 49.1 Å². The fourth-order valence-electron chi connectivity index (χ4n) is 3.94. The monoisotopic (exact) mass is 521 g/mol. The number of benzene rings is 1. The van der Waals surface area contributed by atoms with Gasteiger partial charge in [-0.1, -0.05) is 25.1 Å². The van der Waals surface area contributed by atoms with Crippen LogP contribution in [-0.2, 0) is 25.8 Å². The van der Waals surface area contributed by atoms with E-state index in [-0.39, 0.29) is 24.0 Å². The molecule has 0 saturated heterocycles. The Morgan fingerprint density at radius 1 is 1.30 bits per heavy atom. The first-order valence-corrected chi connectivity index (χ1v) is 10.8. The van der Waals surface area contributed by atoms with Crippen molar-refractivity contribution in [2.75, 3.05) is 13.1 Å². The Labute approximate surface area is 195 Å². The summed E-state index contributed by atoms with van der Waals surface area (Å²) in [6.07, 6.45) is 7.08. The number of rotatable bonds is 7. The van der Waals surface area contributed by atoms with Crippen molar-refractivity contribution >= 4 is 40.8 Å². The number of nitrogens with zero attached hydrogens (tertiary/aromatic N) is 4. The van der Waals surface area contributed by atoms with Crippen LogP contribution in [0.1, 0.15) is 43.9 Å². The van der Waals surface area contributed by atoms with Crippen LogP contribution in [0.15, 0.2) is 35.5 Å². The summed E-state index contributed by atoms with van der Waals surface area (Å²) in [4.78, 5) is 12.8. The number of aliphatic imine (C=N–C) groups is 1. The molecule has 0 amide bonds. The number of hydrogen-bond acceptors (Lipinski definition) is 3. The van der Waals surface area contributed by atoms with Gasteiger partial charge in [0.15, 0.2) is 11.8 Å². The van der Waals surface area contributed by atoms with Gasteiger partial charge in [-0.15, -0.1) is 24.0 Å². The van der Waals surface area contributed by atoms with Crippen molar-refractivity contribution in [1.29, 1.82) is 0 Å². The highest BCUT2D eigenvalue weighted by Gasteiger charge is 2.22. The Balaban J connectivity index is 0.00000256. The SMILES string of the molecule is CCNC(=NCCCc1c[nH]c2ccccc12)NC1CCc2nc(CC)nn2C1.I. The minimum atomic E-state index is 0. The number of hydrogen-bond donors (Lipinski definition) is 3. The molecule has 1 unspecified atom stereocenters. The molecule has 7 nitrogen and oxygen atoms in total. The molecular formula is C22H32IN7. The number of guanidine groups is 1. The lowest BCUT2D eigenvalue weighted by molar-refractivity contribution is 0.392. The summed E-state index contributed by atoms with van der Waals surface area (Å²) < 4.78 is 2.06. The Morgan fingerprint density at radius 2 is 2.17 bits per heavy atom. The van der Waals surface area contributed by atoms with Crippen LogP contribution >= 0.6 is 24.0 Å². The molecule has 1 aliphatic rings. The fraction of sp³-hybridized carbons (Fsp3) is 0.500. The Kier molecular flexibility index (Phi) is 8.12. The van der Waals surface area contributed by atoms with Crippen LogP contribution in [0.4, 0.5) is 0 Å². The molecule has 2 aromatic heterocycles. The number of aromatic nitrogens is 4. The van der Waals surface area contributed by atoms with Gasteiger partial charge < -0.3 is 15.6 Å². The van der Waals surface area contributed by atoms with Crippen LogP contribution in [0.25, 0.3) is 10.9 Å². The highest BCUT2D eigenvalue weighted by atomic mass is 127. The quantitative estimate of drug-likeness (QED) is 0.193. The maximum absolute atomic E-state index is 4.80. The molecular weight excluding hydrogens is 489 g/mol. The summed E-state index contributed by atoms with van der Waals surface area (Å²) in [5.74, 6) is 2.95. The lowest BCUT2D eigenvalue weighted by Crippen LogP contribution is -2.47. The molecule has 3 N–H and O–H groups in total. The summed E-state index contributed by atoms with van der Waals surface area (Å²) >= 11 is 0. The van der Waals surface area contributed by atoms with E-state index in [1.54, 1.807) is 0 Å². The van der Waals surface area contributed by atoms with Gasteiger partial charge in [-0.3, -0.25) is 4.99 Å². The summed E-state index contributed by atoms with van der Waals surface area (Å²) in [6.45, 7) is 6.71. The molecule has 1 atom stereocenters. The zero-order valence-electron chi connectivity index (χ0n) is 17.8. The molecule has 0 aliphatic carbocycles. The first-order valence-electron chi connectivity index (χ1n) is 10.8. The van der Waals surface area contributed by atoms with E-state index in [0.717, 1.165) is 69.3 Å². The van der Waals surface area contributed by atoms with Crippen LogP contribution in [-0.4, -0.2) is 44.8 Å². The second-order valence-corrected chi connectivity index (χ2v) is 7.58. The molecule has 4 rings (SSSR count). The zero-order valence-corrected chi connectivity index (χ0v) is 20.1. The van der Waals surface area contributed by atoms with Crippen molar-refractivity contribution in [3.8, 4) is 0 Å². The Bertz CT molecular complexity index is 975. The standard InChI is InChI=1S/C22H31N7.HI/c1-3-20-27-21-12-11-17(15-29(21)28-20)26-22(23-4-2)24-13-7-8-16-14-25-19-10-6-5-9-18(16)19;/h5-6,9-10,14,17,25H,3-4,7-8,11-13,15H2,1-2H3,(H2,23,24,26);1H. The molecule has 0 spiro atoms. The van der Waals surface area contributed by atoms with E-state index in [9.17, 15) is 0 Å². The highest BCUT2D eigenvalue weighted by Crippen LogP contribution is 2.19. The average molecular weight is 521 g/mol. The van der Waals surface area contributed by atoms with E-state index >= 15 is 0 Å². The van der Waals surface area contributed by atoms with Crippen molar-refractivity contribution in [3.05, 3.63) is 47.7 Å². The van der Waals surface area contributed by atoms with Gasteiger partial charge in [0.1, 0.15) is 5.82 Å².